The molecule has 2 amide bonds. The first kappa shape index (κ1) is 9.33. The van der Waals surface area contributed by atoms with Gasteiger partial charge in [-0.1, -0.05) is 0 Å². The highest BCUT2D eigenvalue weighted by molar-refractivity contribution is 5.99. The maximum Gasteiger partial charge on any atom is 0.240 e. The Morgan fingerprint density at radius 3 is 1.87 bits per heavy atom. The average Bonchev–Trinajstić information content (AvgIpc) is 2.95. The van der Waals surface area contributed by atoms with Crippen molar-refractivity contribution in [3.8, 4) is 0 Å². The standard InChI is InChI=1S/C11H16N2O2/c14-9-5-13(6-10(15)12-9)11(7-1-2-7)8-3-4-8/h7-8,11H,1-6H2,(H,12,14,15). The van der Waals surface area contributed by atoms with Gasteiger partial charge in [-0.2, -0.15) is 0 Å². The molecule has 1 N–H and O–H groups in total. The van der Waals surface area contributed by atoms with Gasteiger partial charge in [-0.25, -0.2) is 0 Å². The predicted octanol–water partition coefficient (Wildman–Crippen LogP) is 0.133. The normalized spacial score (nSPS) is 28.3. The minimum Gasteiger partial charge on any atom is -0.294 e. The van der Waals surface area contributed by atoms with Crippen molar-refractivity contribution in [2.45, 2.75) is 31.7 Å². The lowest BCUT2D eigenvalue weighted by atomic mass is 10.0. The summed E-state index contributed by atoms with van der Waals surface area (Å²) in [5.41, 5.74) is 0. The number of amides is 2. The zero-order valence-corrected chi connectivity index (χ0v) is 8.74. The molecule has 1 aliphatic heterocycles. The van der Waals surface area contributed by atoms with E-state index in [0.717, 1.165) is 11.8 Å². The van der Waals surface area contributed by atoms with E-state index in [1.807, 2.05) is 0 Å². The molecule has 0 unspecified atom stereocenters. The van der Waals surface area contributed by atoms with Gasteiger partial charge < -0.3 is 0 Å². The molecule has 3 aliphatic rings. The van der Waals surface area contributed by atoms with Gasteiger partial charge in [0.25, 0.3) is 0 Å². The van der Waals surface area contributed by atoms with Crippen molar-refractivity contribution >= 4 is 11.8 Å². The molecular formula is C11H16N2O2. The quantitative estimate of drug-likeness (QED) is 0.671. The summed E-state index contributed by atoms with van der Waals surface area (Å²) in [6.07, 6.45) is 5.14. The van der Waals surface area contributed by atoms with E-state index >= 15 is 0 Å². The van der Waals surface area contributed by atoms with Crippen LogP contribution in [0.4, 0.5) is 0 Å². The maximum atomic E-state index is 11.3. The summed E-state index contributed by atoms with van der Waals surface area (Å²) in [5.74, 6) is 1.27. The Morgan fingerprint density at radius 1 is 1.00 bits per heavy atom. The largest absolute Gasteiger partial charge is 0.294 e. The van der Waals surface area contributed by atoms with Crippen LogP contribution in [0.15, 0.2) is 0 Å². The summed E-state index contributed by atoms with van der Waals surface area (Å²) in [6.45, 7) is 0.840. The van der Waals surface area contributed by atoms with Crippen LogP contribution < -0.4 is 5.32 Å². The minimum atomic E-state index is -0.127. The van der Waals surface area contributed by atoms with Crippen LogP contribution in [0, 0.1) is 11.8 Å². The number of hydrogen-bond donors (Lipinski definition) is 1. The van der Waals surface area contributed by atoms with Gasteiger partial charge in [0, 0.05) is 6.04 Å². The second-order valence-corrected chi connectivity index (χ2v) is 5.04. The molecule has 15 heavy (non-hydrogen) atoms. The van der Waals surface area contributed by atoms with E-state index < -0.39 is 0 Å². The summed E-state index contributed by atoms with van der Waals surface area (Å²) >= 11 is 0. The average molecular weight is 208 g/mol. The molecule has 3 rings (SSSR count). The second kappa shape index (κ2) is 3.30. The molecule has 3 fully saturated rings. The van der Waals surface area contributed by atoms with Crippen LogP contribution >= 0.6 is 0 Å². The fraction of sp³-hybridized carbons (Fsp3) is 0.818. The van der Waals surface area contributed by atoms with E-state index in [1.54, 1.807) is 0 Å². The third-order valence-electron chi connectivity index (χ3n) is 3.60. The van der Waals surface area contributed by atoms with Gasteiger partial charge in [-0.15, -0.1) is 0 Å². The molecule has 0 aromatic rings. The molecule has 2 saturated carbocycles. The van der Waals surface area contributed by atoms with Crippen LogP contribution in [0.1, 0.15) is 25.7 Å². The number of hydrogen-bond acceptors (Lipinski definition) is 3. The van der Waals surface area contributed by atoms with Crippen LogP contribution in [-0.2, 0) is 9.59 Å². The Bertz CT molecular complexity index is 280. The first-order chi connectivity index (χ1) is 7.24. The highest BCUT2D eigenvalue weighted by atomic mass is 16.2. The van der Waals surface area contributed by atoms with Crippen LogP contribution in [0.5, 0.6) is 0 Å². The topological polar surface area (TPSA) is 49.4 Å². The molecule has 0 atom stereocenters. The minimum absolute atomic E-state index is 0.127. The highest BCUT2D eigenvalue weighted by Crippen LogP contribution is 2.47. The summed E-state index contributed by atoms with van der Waals surface area (Å²) in [5, 5.41) is 2.36. The molecule has 0 radical (unpaired) electrons. The summed E-state index contributed by atoms with van der Waals surface area (Å²) in [4.78, 5) is 24.7. The fourth-order valence-electron chi connectivity index (χ4n) is 2.73. The molecular weight excluding hydrogens is 192 g/mol. The van der Waals surface area contributed by atoms with Crippen molar-refractivity contribution in [3.05, 3.63) is 0 Å². The molecule has 0 aromatic heterocycles. The smallest absolute Gasteiger partial charge is 0.240 e. The lowest BCUT2D eigenvalue weighted by Crippen LogP contribution is -2.55. The van der Waals surface area contributed by atoms with E-state index in [4.69, 9.17) is 0 Å². The molecule has 1 heterocycles. The van der Waals surface area contributed by atoms with Crippen LogP contribution in [0.3, 0.4) is 0 Å². The Kier molecular flexibility index (Phi) is 2.06. The number of carbonyl (C=O) groups is 2. The zero-order chi connectivity index (χ0) is 10.4. The van der Waals surface area contributed by atoms with Crippen molar-refractivity contribution in [2.24, 2.45) is 11.8 Å². The van der Waals surface area contributed by atoms with E-state index in [9.17, 15) is 9.59 Å². The monoisotopic (exact) mass is 208 g/mol. The van der Waals surface area contributed by atoms with Crippen molar-refractivity contribution in [1.82, 2.24) is 10.2 Å². The maximum absolute atomic E-state index is 11.3. The summed E-state index contributed by atoms with van der Waals surface area (Å²) < 4.78 is 0. The number of carbonyl (C=O) groups excluding carboxylic acids is 2. The van der Waals surface area contributed by atoms with Gasteiger partial charge in [0.1, 0.15) is 0 Å². The molecule has 2 aliphatic carbocycles. The number of imide groups is 1. The first-order valence-corrected chi connectivity index (χ1v) is 5.81. The van der Waals surface area contributed by atoms with Gasteiger partial charge in [-0.3, -0.25) is 19.8 Å². The summed E-state index contributed by atoms with van der Waals surface area (Å²) in [7, 11) is 0. The third kappa shape index (κ3) is 1.91. The molecule has 82 valence electrons. The molecule has 4 nitrogen and oxygen atoms in total. The number of nitrogens with zero attached hydrogens (tertiary/aromatic N) is 1. The van der Waals surface area contributed by atoms with Gasteiger partial charge in [-0.05, 0) is 37.5 Å². The van der Waals surface area contributed by atoms with Crippen molar-refractivity contribution < 1.29 is 9.59 Å². The number of rotatable bonds is 3. The van der Waals surface area contributed by atoms with E-state index in [-0.39, 0.29) is 11.8 Å². The van der Waals surface area contributed by atoms with Crippen LogP contribution in [0.2, 0.25) is 0 Å². The van der Waals surface area contributed by atoms with Crippen molar-refractivity contribution in [3.63, 3.8) is 0 Å². The van der Waals surface area contributed by atoms with E-state index in [1.165, 1.54) is 25.7 Å². The molecule has 0 aromatic carbocycles. The Balaban J connectivity index is 1.72. The second-order valence-electron chi connectivity index (χ2n) is 5.04. The third-order valence-corrected chi connectivity index (χ3v) is 3.60. The van der Waals surface area contributed by atoms with Gasteiger partial charge in [0.2, 0.25) is 11.8 Å². The summed E-state index contributed by atoms with van der Waals surface area (Å²) in [6, 6.07) is 0.514. The van der Waals surface area contributed by atoms with E-state index in [0.29, 0.717) is 19.1 Å². The Morgan fingerprint density at radius 2 is 1.47 bits per heavy atom. The van der Waals surface area contributed by atoms with Gasteiger partial charge >= 0.3 is 0 Å². The number of nitrogens with one attached hydrogen (secondary N) is 1. The lowest BCUT2D eigenvalue weighted by Gasteiger charge is -2.33. The molecule has 4 heteroatoms. The predicted molar refractivity (Wildman–Crippen MR) is 54.0 cm³/mol. The highest BCUT2D eigenvalue weighted by Gasteiger charge is 2.46. The Labute approximate surface area is 89.0 Å². The molecule has 1 saturated heterocycles. The van der Waals surface area contributed by atoms with E-state index in [2.05, 4.69) is 10.2 Å². The van der Waals surface area contributed by atoms with Gasteiger partial charge in [0.15, 0.2) is 0 Å². The van der Waals surface area contributed by atoms with Crippen LogP contribution in [0.25, 0.3) is 0 Å². The number of piperazine rings is 1. The van der Waals surface area contributed by atoms with Crippen molar-refractivity contribution in [2.75, 3.05) is 13.1 Å². The van der Waals surface area contributed by atoms with Crippen molar-refractivity contribution in [1.29, 1.82) is 0 Å². The zero-order valence-electron chi connectivity index (χ0n) is 8.74. The fourth-order valence-corrected chi connectivity index (χ4v) is 2.73. The van der Waals surface area contributed by atoms with Gasteiger partial charge in [0.05, 0.1) is 13.1 Å². The first-order valence-electron chi connectivity index (χ1n) is 5.81. The molecule has 0 spiro atoms. The lowest BCUT2D eigenvalue weighted by molar-refractivity contribution is -0.137. The molecule has 0 bridgehead atoms. The Hall–Kier alpha value is -0.900. The van der Waals surface area contributed by atoms with Crippen LogP contribution in [-0.4, -0.2) is 35.8 Å². The SMILES string of the molecule is O=C1CN(C(C2CC2)C2CC2)CC(=O)N1.